The minimum atomic E-state index is -3.88. The van der Waals surface area contributed by atoms with Gasteiger partial charge in [-0.1, -0.05) is 29.8 Å². The van der Waals surface area contributed by atoms with E-state index in [1.807, 2.05) is 6.92 Å². The van der Waals surface area contributed by atoms with E-state index in [0.29, 0.717) is 11.3 Å². The van der Waals surface area contributed by atoms with Crippen LogP contribution in [0.5, 0.6) is 5.75 Å². The number of aryl methyl sites for hydroxylation is 1. The van der Waals surface area contributed by atoms with Gasteiger partial charge in [0.25, 0.3) is 10.1 Å². The van der Waals surface area contributed by atoms with Crippen molar-refractivity contribution in [2.45, 2.75) is 17.9 Å². The molecule has 2 aromatic rings. The molecule has 0 aliphatic carbocycles. The summed E-state index contributed by atoms with van der Waals surface area (Å²) in [6, 6.07) is 13.0. The predicted molar refractivity (Wildman–Crippen MR) is 82.3 cm³/mol. The van der Waals surface area contributed by atoms with E-state index in [9.17, 15) is 13.5 Å². The quantitative estimate of drug-likeness (QED) is 0.827. The number of aliphatic hydroxyl groups excluding tert-OH is 1. The molecule has 0 fully saturated rings. The SMILES string of the molecule is COc1ccc([C@@H](O)COS(=O)(=O)c2ccc(C)cc2)cc1. The molecule has 0 spiro atoms. The molecule has 0 unspecified atom stereocenters. The van der Waals surface area contributed by atoms with Crippen molar-refractivity contribution in [1.29, 1.82) is 0 Å². The van der Waals surface area contributed by atoms with Crippen LogP contribution in [0.15, 0.2) is 53.4 Å². The summed E-state index contributed by atoms with van der Waals surface area (Å²) in [6.07, 6.45) is -1.04. The third kappa shape index (κ3) is 4.07. The van der Waals surface area contributed by atoms with E-state index in [1.165, 1.54) is 12.1 Å². The first kappa shape index (κ1) is 16.5. The third-order valence-corrected chi connectivity index (χ3v) is 4.49. The molecule has 0 aliphatic heterocycles. The molecule has 0 saturated heterocycles. The molecule has 22 heavy (non-hydrogen) atoms. The zero-order valence-corrected chi connectivity index (χ0v) is 13.2. The van der Waals surface area contributed by atoms with E-state index in [1.54, 1.807) is 43.5 Å². The average molecular weight is 322 g/mol. The number of rotatable bonds is 6. The maximum Gasteiger partial charge on any atom is 0.297 e. The highest BCUT2D eigenvalue weighted by atomic mass is 32.2. The lowest BCUT2D eigenvalue weighted by molar-refractivity contribution is 0.111. The van der Waals surface area contributed by atoms with Gasteiger partial charge < -0.3 is 9.84 Å². The Bertz CT molecular complexity index is 705. The second-order valence-corrected chi connectivity index (χ2v) is 6.46. The maximum atomic E-state index is 12.0. The molecule has 0 aliphatic rings. The molecular weight excluding hydrogens is 304 g/mol. The Kier molecular flexibility index (Phi) is 5.18. The first-order valence-corrected chi connectivity index (χ1v) is 8.11. The minimum Gasteiger partial charge on any atom is -0.497 e. The molecule has 0 radical (unpaired) electrons. The Balaban J connectivity index is 2.02. The van der Waals surface area contributed by atoms with Crippen molar-refractivity contribution in [2.24, 2.45) is 0 Å². The van der Waals surface area contributed by atoms with Gasteiger partial charge in [-0.15, -0.1) is 0 Å². The van der Waals surface area contributed by atoms with Crippen LogP contribution in [0.4, 0.5) is 0 Å². The van der Waals surface area contributed by atoms with Crippen LogP contribution >= 0.6 is 0 Å². The van der Waals surface area contributed by atoms with Crippen molar-refractivity contribution < 1.29 is 22.4 Å². The third-order valence-electron chi connectivity index (χ3n) is 3.19. The second kappa shape index (κ2) is 6.91. The summed E-state index contributed by atoms with van der Waals surface area (Å²) in [5, 5.41) is 10.0. The summed E-state index contributed by atoms with van der Waals surface area (Å²) in [5.41, 5.74) is 1.51. The summed E-state index contributed by atoms with van der Waals surface area (Å²) in [6.45, 7) is 1.52. The normalized spacial score (nSPS) is 12.9. The number of aliphatic hydroxyl groups is 1. The van der Waals surface area contributed by atoms with E-state index < -0.39 is 16.2 Å². The smallest absolute Gasteiger partial charge is 0.297 e. The Morgan fingerprint density at radius 3 is 2.18 bits per heavy atom. The van der Waals surface area contributed by atoms with Crippen LogP contribution in [-0.4, -0.2) is 27.2 Å². The predicted octanol–water partition coefficient (Wildman–Crippen LogP) is 2.44. The topological polar surface area (TPSA) is 72.8 Å². The van der Waals surface area contributed by atoms with Gasteiger partial charge in [0.05, 0.1) is 18.6 Å². The van der Waals surface area contributed by atoms with Crippen LogP contribution in [0.2, 0.25) is 0 Å². The van der Waals surface area contributed by atoms with Crippen molar-refractivity contribution in [1.82, 2.24) is 0 Å². The Labute approximate surface area is 130 Å². The van der Waals surface area contributed by atoms with E-state index in [2.05, 4.69) is 0 Å². The average Bonchev–Trinajstić information content (AvgIpc) is 2.53. The zero-order valence-electron chi connectivity index (χ0n) is 12.4. The molecule has 1 N–H and O–H groups in total. The summed E-state index contributed by atoms with van der Waals surface area (Å²) in [7, 11) is -2.33. The fourth-order valence-electron chi connectivity index (χ4n) is 1.85. The molecule has 0 saturated carbocycles. The van der Waals surface area contributed by atoms with Crippen LogP contribution in [0.25, 0.3) is 0 Å². The van der Waals surface area contributed by atoms with E-state index in [4.69, 9.17) is 8.92 Å². The van der Waals surface area contributed by atoms with Crippen molar-refractivity contribution in [3.63, 3.8) is 0 Å². The molecule has 2 rings (SSSR count). The van der Waals surface area contributed by atoms with E-state index >= 15 is 0 Å². The fraction of sp³-hybridized carbons (Fsp3) is 0.250. The monoisotopic (exact) mass is 322 g/mol. The van der Waals surface area contributed by atoms with Crippen LogP contribution in [0.3, 0.4) is 0 Å². The van der Waals surface area contributed by atoms with Gasteiger partial charge in [-0.2, -0.15) is 8.42 Å². The highest BCUT2D eigenvalue weighted by molar-refractivity contribution is 7.86. The van der Waals surface area contributed by atoms with Gasteiger partial charge in [-0.3, -0.25) is 4.18 Å². The van der Waals surface area contributed by atoms with Crippen molar-refractivity contribution in [2.75, 3.05) is 13.7 Å². The zero-order chi connectivity index (χ0) is 16.2. The highest BCUT2D eigenvalue weighted by Crippen LogP contribution is 2.20. The van der Waals surface area contributed by atoms with Crippen molar-refractivity contribution >= 4 is 10.1 Å². The van der Waals surface area contributed by atoms with E-state index in [-0.39, 0.29) is 11.5 Å². The standard InChI is InChI=1S/C16H18O5S/c1-12-3-9-15(10-4-12)22(18,19)21-11-16(17)13-5-7-14(20-2)8-6-13/h3-10,16-17H,11H2,1-2H3/t16-/m0/s1. The van der Waals surface area contributed by atoms with Gasteiger partial charge in [-0.05, 0) is 36.8 Å². The minimum absolute atomic E-state index is 0.0695. The number of methoxy groups -OCH3 is 1. The second-order valence-electron chi connectivity index (χ2n) is 4.84. The van der Waals surface area contributed by atoms with Gasteiger partial charge in [-0.25, -0.2) is 0 Å². The lowest BCUT2D eigenvalue weighted by Crippen LogP contribution is -2.13. The van der Waals surface area contributed by atoms with Gasteiger partial charge in [0.15, 0.2) is 0 Å². The van der Waals surface area contributed by atoms with Crippen LogP contribution in [-0.2, 0) is 14.3 Å². The van der Waals surface area contributed by atoms with Crippen LogP contribution in [0.1, 0.15) is 17.2 Å². The lowest BCUT2D eigenvalue weighted by atomic mass is 10.1. The highest BCUT2D eigenvalue weighted by Gasteiger charge is 2.18. The summed E-state index contributed by atoms with van der Waals surface area (Å²) in [4.78, 5) is 0.0695. The van der Waals surface area contributed by atoms with Gasteiger partial charge in [0, 0.05) is 0 Å². The Hall–Kier alpha value is -1.89. The van der Waals surface area contributed by atoms with Gasteiger partial charge in [0.2, 0.25) is 0 Å². The molecule has 0 aromatic heterocycles. The Morgan fingerprint density at radius 2 is 1.64 bits per heavy atom. The van der Waals surface area contributed by atoms with Crippen LogP contribution in [0, 0.1) is 6.92 Å². The summed E-state index contributed by atoms with van der Waals surface area (Å²) in [5.74, 6) is 0.657. The molecular formula is C16H18O5S. The van der Waals surface area contributed by atoms with Crippen molar-refractivity contribution in [3.8, 4) is 5.75 Å². The first-order chi connectivity index (χ1) is 10.4. The lowest BCUT2D eigenvalue weighted by Gasteiger charge is -2.12. The maximum absolute atomic E-state index is 12.0. The molecule has 0 amide bonds. The van der Waals surface area contributed by atoms with Gasteiger partial charge in [0.1, 0.15) is 11.9 Å². The molecule has 5 nitrogen and oxygen atoms in total. The van der Waals surface area contributed by atoms with E-state index in [0.717, 1.165) is 5.56 Å². The molecule has 118 valence electrons. The summed E-state index contributed by atoms with van der Waals surface area (Å²) < 4.78 is 34.0. The summed E-state index contributed by atoms with van der Waals surface area (Å²) >= 11 is 0. The van der Waals surface area contributed by atoms with Gasteiger partial charge >= 0.3 is 0 Å². The molecule has 1 atom stereocenters. The molecule has 2 aromatic carbocycles. The Morgan fingerprint density at radius 1 is 1.05 bits per heavy atom. The molecule has 0 bridgehead atoms. The first-order valence-electron chi connectivity index (χ1n) is 6.70. The number of benzene rings is 2. The number of hydrogen-bond donors (Lipinski definition) is 1. The van der Waals surface area contributed by atoms with Crippen molar-refractivity contribution in [3.05, 3.63) is 59.7 Å². The largest absolute Gasteiger partial charge is 0.497 e. The number of ether oxygens (including phenoxy) is 1. The fourth-order valence-corrected chi connectivity index (χ4v) is 2.76. The molecule has 0 heterocycles. The number of hydrogen-bond acceptors (Lipinski definition) is 5. The van der Waals surface area contributed by atoms with Crippen LogP contribution < -0.4 is 4.74 Å². The molecule has 6 heteroatoms.